The van der Waals surface area contributed by atoms with E-state index in [0.29, 0.717) is 24.5 Å². The first-order chi connectivity index (χ1) is 9.93. The molecule has 1 fully saturated rings. The van der Waals surface area contributed by atoms with Crippen molar-refractivity contribution >= 4 is 17.6 Å². The second-order valence-electron chi connectivity index (χ2n) is 5.11. The Morgan fingerprint density at radius 1 is 1.43 bits per heavy atom. The van der Waals surface area contributed by atoms with Crippen molar-refractivity contribution in [2.24, 2.45) is 0 Å². The number of benzene rings is 1. The van der Waals surface area contributed by atoms with Crippen LogP contribution in [0.2, 0.25) is 0 Å². The highest BCUT2D eigenvalue weighted by Crippen LogP contribution is 2.25. The van der Waals surface area contributed by atoms with Crippen molar-refractivity contribution in [2.45, 2.75) is 12.5 Å². The Morgan fingerprint density at radius 3 is 2.67 bits per heavy atom. The van der Waals surface area contributed by atoms with Gasteiger partial charge in [-0.15, -0.1) is 0 Å². The molecule has 7 nitrogen and oxygen atoms in total. The minimum Gasteiger partial charge on any atom is -0.495 e. The summed E-state index contributed by atoms with van der Waals surface area (Å²) >= 11 is 0. The maximum Gasteiger partial charge on any atom is 0.335 e. The monoisotopic (exact) mass is 294 g/mol. The number of carboxylic acids is 1. The molecule has 1 amide bonds. The first kappa shape index (κ1) is 15.3. The summed E-state index contributed by atoms with van der Waals surface area (Å²) in [7, 11) is 1.45. The lowest BCUT2D eigenvalue weighted by atomic mass is 10.0. The van der Waals surface area contributed by atoms with Gasteiger partial charge in [-0.3, -0.25) is 4.79 Å². The second-order valence-corrected chi connectivity index (χ2v) is 5.11. The Labute approximate surface area is 122 Å². The highest BCUT2D eigenvalue weighted by atomic mass is 16.5. The van der Waals surface area contributed by atoms with Gasteiger partial charge in [-0.25, -0.2) is 4.79 Å². The van der Waals surface area contributed by atoms with Crippen molar-refractivity contribution in [2.75, 3.05) is 32.1 Å². The standard InChI is InChI=1S/C14H18N2O5/c1-14(7-15-8-14)21-6-12(17)16-10-5-9(13(18)19)3-4-11(10)20-2/h3-5,15H,6-8H2,1-2H3,(H,16,17)(H,18,19). The molecular formula is C14H18N2O5. The average Bonchev–Trinajstić information content (AvgIpc) is 2.43. The highest BCUT2D eigenvalue weighted by Gasteiger charge is 2.33. The van der Waals surface area contributed by atoms with E-state index in [1.165, 1.54) is 25.3 Å². The number of nitrogens with one attached hydrogen (secondary N) is 2. The zero-order valence-corrected chi connectivity index (χ0v) is 11.9. The van der Waals surface area contributed by atoms with Gasteiger partial charge in [0.25, 0.3) is 5.91 Å². The van der Waals surface area contributed by atoms with Gasteiger partial charge in [0.2, 0.25) is 0 Å². The minimum atomic E-state index is -1.07. The molecule has 1 aliphatic rings. The minimum absolute atomic E-state index is 0.0715. The normalized spacial score (nSPS) is 15.9. The summed E-state index contributed by atoms with van der Waals surface area (Å²) in [6, 6.07) is 4.26. The highest BCUT2D eigenvalue weighted by molar-refractivity contribution is 5.96. The number of carbonyl (C=O) groups excluding carboxylic acids is 1. The topological polar surface area (TPSA) is 96.9 Å². The SMILES string of the molecule is COc1ccc(C(=O)O)cc1NC(=O)COC1(C)CNC1. The van der Waals surface area contributed by atoms with Crippen LogP contribution in [0.25, 0.3) is 0 Å². The smallest absolute Gasteiger partial charge is 0.335 e. The third-order valence-electron chi connectivity index (χ3n) is 3.27. The number of hydrogen-bond donors (Lipinski definition) is 3. The zero-order chi connectivity index (χ0) is 15.5. The summed E-state index contributed by atoms with van der Waals surface area (Å²) in [5, 5.41) is 14.6. The average molecular weight is 294 g/mol. The molecule has 114 valence electrons. The van der Waals surface area contributed by atoms with Gasteiger partial charge in [-0.05, 0) is 25.1 Å². The number of hydrogen-bond acceptors (Lipinski definition) is 5. The largest absolute Gasteiger partial charge is 0.495 e. The Bertz CT molecular complexity index is 554. The van der Waals surface area contributed by atoms with Crippen molar-refractivity contribution in [3.8, 4) is 5.75 Å². The Morgan fingerprint density at radius 2 is 2.14 bits per heavy atom. The van der Waals surface area contributed by atoms with Crippen molar-refractivity contribution in [1.82, 2.24) is 5.32 Å². The summed E-state index contributed by atoms with van der Waals surface area (Å²) in [4.78, 5) is 22.8. The van der Waals surface area contributed by atoms with Crippen LogP contribution >= 0.6 is 0 Å². The lowest BCUT2D eigenvalue weighted by molar-refractivity contribution is -0.130. The van der Waals surface area contributed by atoms with Crippen LogP contribution in [0.4, 0.5) is 5.69 Å². The van der Waals surface area contributed by atoms with Crippen molar-refractivity contribution in [3.05, 3.63) is 23.8 Å². The number of ether oxygens (including phenoxy) is 2. The molecule has 0 aliphatic carbocycles. The van der Waals surface area contributed by atoms with Gasteiger partial charge in [0.15, 0.2) is 0 Å². The molecule has 1 saturated heterocycles. The van der Waals surface area contributed by atoms with Gasteiger partial charge in [0, 0.05) is 13.1 Å². The lowest BCUT2D eigenvalue weighted by Gasteiger charge is -2.38. The predicted molar refractivity (Wildman–Crippen MR) is 75.8 cm³/mol. The fraction of sp³-hybridized carbons (Fsp3) is 0.429. The third-order valence-corrected chi connectivity index (χ3v) is 3.27. The van der Waals surface area contributed by atoms with E-state index in [1.807, 2.05) is 6.92 Å². The van der Waals surface area contributed by atoms with E-state index in [9.17, 15) is 9.59 Å². The van der Waals surface area contributed by atoms with E-state index in [0.717, 1.165) is 0 Å². The fourth-order valence-corrected chi connectivity index (χ4v) is 1.94. The molecule has 1 aromatic rings. The van der Waals surface area contributed by atoms with Crippen molar-refractivity contribution in [1.29, 1.82) is 0 Å². The summed E-state index contributed by atoms with van der Waals surface area (Å²) in [5.74, 6) is -1.04. The molecule has 0 radical (unpaired) electrons. The van der Waals surface area contributed by atoms with E-state index in [1.54, 1.807) is 0 Å². The number of methoxy groups -OCH3 is 1. The van der Waals surface area contributed by atoms with E-state index in [2.05, 4.69) is 10.6 Å². The molecule has 0 unspecified atom stereocenters. The molecule has 0 spiro atoms. The molecule has 0 bridgehead atoms. The van der Waals surface area contributed by atoms with Crippen molar-refractivity contribution < 1.29 is 24.2 Å². The van der Waals surface area contributed by atoms with Gasteiger partial charge in [-0.2, -0.15) is 0 Å². The number of carbonyl (C=O) groups is 2. The van der Waals surface area contributed by atoms with Crippen LogP contribution in [0, 0.1) is 0 Å². The molecule has 1 aromatic carbocycles. The molecule has 0 saturated carbocycles. The molecule has 7 heteroatoms. The Kier molecular flexibility index (Phi) is 4.44. The van der Waals surface area contributed by atoms with Crippen LogP contribution in [0.1, 0.15) is 17.3 Å². The van der Waals surface area contributed by atoms with Gasteiger partial charge in [0.1, 0.15) is 12.4 Å². The number of carboxylic acid groups (broad SMARTS) is 1. The van der Waals surface area contributed by atoms with E-state index < -0.39 is 5.97 Å². The van der Waals surface area contributed by atoms with Crippen LogP contribution in [-0.4, -0.2) is 49.4 Å². The van der Waals surface area contributed by atoms with Gasteiger partial charge in [-0.1, -0.05) is 0 Å². The van der Waals surface area contributed by atoms with Gasteiger partial charge >= 0.3 is 5.97 Å². The first-order valence-corrected chi connectivity index (χ1v) is 6.49. The second kappa shape index (κ2) is 6.11. The molecule has 1 heterocycles. The Hall–Kier alpha value is -2.12. The first-order valence-electron chi connectivity index (χ1n) is 6.49. The van der Waals surface area contributed by atoms with Crippen LogP contribution < -0.4 is 15.4 Å². The fourth-order valence-electron chi connectivity index (χ4n) is 1.94. The van der Waals surface area contributed by atoms with Crippen LogP contribution in [0.5, 0.6) is 5.75 Å². The number of amides is 1. The molecule has 0 aromatic heterocycles. The number of anilines is 1. The third kappa shape index (κ3) is 3.71. The zero-order valence-electron chi connectivity index (χ0n) is 11.9. The predicted octanol–water partition coefficient (Wildman–Crippen LogP) is 0.710. The number of aromatic carboxylic acids is 1. The molecule has 1 aliphatic heterocycles. The van der Waals surface area contributed by atoms with E-state index in [4.69, 9.17) is 14.6 Å². The van der Waals surface area contributed by atoms with Crippen LogP contribution in [-0.2, 0) is 9.53 Å². The van der Waals surface area contributed by atoms with E-state index >= 15 is 0 Å². The molecule has 3 N–H and O–H groups in total. The maximum atomic E-state index is 11.9. The van der Waals surface area contributed by atoms with Gasteiger partial charge in [0.05, 0.1) is 24.0 Å². The van der Waals surface area contributed by atoms with E-state index in [-0.39, 0.29) is 23.7 Å². The maximum absolute atomic E-state index is 11.9. The summed E-state index contributed by atoms with van der Waals surface area (Å²) in [6.07, 6.45) is 0. The van der Waals surface area contributed by atoms with Crippen LogP contribution in [0.3, 0.4) is 0 Å². The quantitative estimate of drug-likeness (QED) is 0.715. The summed E-state index contributed by atoms with van der Waals surface area (Å²) < 4.78 is 10.6. The number of rotatable bonds is 6. The summed E-state index contributed by atoms with van der Waals surface area (Å²) in [6.45, 7) is 3.23. The molecular weight excluding hydrogens is 276 g/mol. The Balaban J connectivity index is 2.01. The molecule has 21 heavy (non-hydrogen) atoms. The van der Waals surface area contributed by atoms with Gasteiger partial charge < -0.3 is 25.2 Å². The summed E-state index contributed by atoms with van der Waals surface area (Å²) in [5.41, 5.74) is 0.0645. The lowest BCUT2D eigenvalue weighted by Crippen LogP contribution is -2.59. The van der Waals surface area contributed by atoms with Crippen LogP contribution in [0.15, 0.2) is 18.2 Å². The molecule has 0 atom stereocenters. The van der Waals surface area contributed by atoms with Crippen molar-refractivity contribution in [3.63, 3.8) is 0 Å². The molecule has 2 rings (SSSR count).